The largest absolute Gasteiger partial charge is 0.458 e. The van der Waals surface area contributed by atoms with Crippen molar-refractivity contribution in [3.8, 4) is 0 Å². The fourth-order valence-corrected chi connectivity index (χ4v) is 12.3. The van der Waals surface area contributed by atoms with Gasteiger partial charge in [-0.3, -0.25) is 19.7 Å². The number of thioether (sulfide) groups is 1. The molecule has 0 N–H and O–H groups in total. The average Bonchev–Trinajstić information content (AvgIpc) is 3.02. The predicted octanol–water partition coefficient (Wildman–Crippen LogP) is 6.01. The van der Waals surface area contributed by atoms with Gasteiger partial charge in [0, 0.05) is 18.6 Å². The number of ether oxygens (including phenoxy) is 1. The smallest absolute Gasteiger partial charge is 0.345 e. The van der Waals surface area contributed by atoms with E-state index in [1.54, 1.807) is 0 Å². The molecule has 12 heteroatoms. The maximum atomic E-state index is 13.9. The minimum atomic E-state index is -3.04. The molecule has 1 amide bonds. The first-order valence-electron chi connectivity index (χ1n) is 15.2. The van der Waals surface area contributed by atoms with Gasteiger partial charge in [0.25, 0.3) is 14.0 Å². The number of alkyl halides is 1. The normalized spacial score (nSPS) is 18.0. The van der Waals surface area contributed by atoms with Crippen LogP contribution >= 0.6 is 23.4 Å². The molecule has 4 rings (SSSR count). The average molecular weight is 683 g/mol. The van der Waals surface area contributed by atoms with Crippen LogP contribution in [0.4, 0.5) is 5.69 Å². The molecule has 1 fully saturated rings. The van der Waals surface area contributed by atoms with Crippen molar-refractivity contribution in [2.45, 2.75) is 76.1 Å². The molecule has 3 aromatic rings. The Morgan fingerprint density at radius 3 is 2.02 bits per heavy atom. The highest BCUT2D eigenvalue weighted by Gasteiger charge is 2.59. The van der Waals surface area contributed by atoms with E-state index in [-0.39, 0.29) is 22.4 Å². The van der Waals surface area contributed by atoms with Gasteiger partial charge < -0.3 is 14.1 Å². The van der Waals surface area contributed by atoms with Gasteiger partial charge in [-0.25, -0.2) is 4.79 Å². The molecule has 1 aliphatic rings. The highest BCUT2D eigenvalue weighted by molar-refractivity contribution is 8.14. The van der Waals surface area contributed by atoms with Crippen LogP contribution < -0.4 is 10.4 Å². The van der Waals surface area contributed by atoms with Gasteiger partial charge in [-0.1, -0.05) is 112 Å². The highest BCUT2D eigenvalue weighted by Crippen LogP contribution is 2.45. The van der Waals surface area contributed by atoms with E-state index in [2.05, 4.69) is 45.0 Å². The highest BCUT2D eigenvalue weighted by atomic mass is 35.5. The molecule has 9 nitrogen and oxygen atoms in total. The second kappa shape index (κ2) is 14.9. The number of hydrogen-bond acceptors (Lipinski definition) is 8. The third-order valence-corrected chi connectivity index (χ3v) is 14.8. The zero-order valence-electron chi connectivity index (χ0n) is 26.6. The summed E-state index contributed by atoms with van der Waals surface area (Å²) in [6.45, 7) is 10.0. The Bertz CT molecular complexity index is 1500. The van der Waals surface area contributed by atoms with Gasteiger partial charge in [-0.2, -0.15) is 0 Å². The van der Waals surface area contributed by atoms with Gasteiger partial charge in [0.1, 0.15) is 12.0 Å². The van der Waals surface area contributed by atoms with E-state index in [0.29, 0.717) is 18.4 Å². The van der Waals surface area contributed by atoms with Crippen molar-refractivity contribution in [2.24, 2.45) is 5.92 Å². The zero-order chi connectivity index (χ0) is 33.6. The SMILES string of the molecule is CCCC(=O)SC1C(C(C)O[Si](c2ccccc2)(c2ccccc2)C(C)(C)C)C(=O)N1C(Cl)C(=O)OCc1ccc([N+](=O)[O-])cc1. The lowest BCUT2D eigenvalue weighted by Crippen LogP contribution is -2.72. The Balaban J connectivity index is 1.61. The number of hydrogen-bond donors (Lipinski definition) is 0. The van der Waals surface area contributed by atoms with Crippen LogP contribution in [0, 0.1) is 16.0 Å². The van der Waals surface area contributed by atoms with Gasteiger partial charge in [0.2, 0.25) is 11.4 Å². The lowest BCUT2D eigenvalue weighted by atomic mass is 9.93. The molecule has 3 aromatic carbocycles. The van der Waals surface area contributed by atoms with Gasteiger partial charge >= 0.3 is 5.97 Å². The first-order valence-corrected chi connectivity index (χ1v) is 18.4. The van der Waals surface area contributed by atoms with Crippen molar-refractivity contribution in [1.29, 1.82) is 0 Å². The van der Waals surface area contributed by atoms with E-state index in [1.807, 2.05) is 50.2 Å². The number of rotatable bonds is 13. The van der Waals surface area contributed by atoms with Crippen LogP contribution in [0.1, 0.15) is 53.0 Å². The van der Waals surface area contributed by atoms with Crippen LogP contribution in [0.25, 0.3) is 0 Å². The van der Waals surface area contributed by atoms with E-state index in [1.165, 1.54) is 29.2 Å². The minimum absolute atomic E-state index is 0.0893. The Morgan fingerprint density at radius 1 is 1.00 bits per heavy atom. The number of halogens is 1. The number of amides is 1. The first-order chi connectivity index (χ1) is 21.8. The quantitative estimate of drug-likeness (QED) is 0.0409. The van der Waals surface area contributed by atoms with Crippen molar-refractivity contribution >= 4 is 64.7 Å². The van der Waals surface area contributed by atoms with E-state index in [0.717, 1.165) is 22.1 Å². The van der Waals surface area contributed by atoms with Crippen LogP contribution in [0.5, 0.6) is 0 Å². The summed E-state index contributed by atoms with van der Waals surface area (Å²) in [7, 11) is -3.04. The van der Waals surface area contributed by atoms with E-state index >= 15 is 0 Å². The number of likely N-dealkylation sites (tertiary alicyclic amines) is 1. The number of carbonyl (C=O) groups is 3. The molecule has 0 radical (unpaired) electrons. The number of nitro benzene ring substituents is 1. The van der Waals surface area contributed by atoms with Crippen LogP contribution in [0.15, 0.2) is 84.9 Å². The summed E-state index contributed by atoms with van der Waals surface area (Å²) in [5.41, 5.74) is -1.05. The van der Waals surface area contributed by atoms with Crippen molar-refractivity contribution < 1.29 is 28.5 Å². The van der Waals surface area contributed by atoms with Gasteiger partial charge in [-0.15, -0.1) is 0 Å². The lowest BCUT2D eigenvalue weighted by molar-refractivity contribution is -0.384. The molecular formula is C34H39ClN2O7SSi. The molecule has 4 atom stereocenters. The fourth-order valence-electron chi connectivity index (χ4n) is 5.81. The Kier molecular flexibility index (Phi) is 11.5. The Labute approximate surface area is 279 Å². The number of nitro groups is 1. The predicted molar refractivity (Wildman–Crippen MR) is 182 cm³/mol. The molecule has 1 heterocycles. The number of nitrogens with zero attached hydrogens (tertiary/aromatic N) is 2. The maximum absolute atomic E-state index is 13.9. The van der Waals surface area contributed by atoms with Crippen molar-refractivity contribution in [1.82, 2.24) is 4.90 Å². The van der Waals surface area contributed by atoms with Crippen molar-refractivity contribution in [3.05, 3.63) is 101 Å². The second-order valence-electron chi connectivity index (χ2n) is 12.3. The van der Waals surface area contributed by atoms with E-state index in [9.17, 15) is 24.5 Å². The summed E-state index contributed by atoms with van der Waals surface area (Å²) in [5.74, 6) is -2.00. The summed E-state index contributed by atoms with van der Waals surface area (Å²) in [6.07, 6.45) is 0.312. The van der Waals surface area contributed by atoms with Crippen molar-refractivity contribution in [3.63, 3.8) is 0 Å². The summed E-state index contributed by atoms with van der Waals surface area (Å²) in [5, 5.41) is 11.9. The van der Waals surface area contributed by atoms with E-state index < -0.39 is 48.0 Å². The minimum Gasteiger partial charge on any atom is -0.458 e. The topological polar surface area (TPSA) is 116 Å². The standard InChI is InChI=1S/C34H39ClN2O7SSi/c1-6-13-28(38)45-32-29(31(39)36(32)30(35)33(40)43-22-24-18-20-25(21-19-24)37(41)42)23(2)44-46(34(3,4)5,26-14-9-7-10-15-26)27-16-11-8-12-17-27/h7-12,14-21,23,29-30,32H,6,13,22H2,1-5H3. The van der Waals surface area contributed by atoms with Gasteiger partial charge in [0.15, 0.2) is 5.12 Å². The second-order valence-corrected chi connectivity index (χ2v) is 18.1. The number of carbonyl (C=O) groups excluding carboxylic acids is 3. The molecule has 0 spiro atoms. The molecule has 0 aliphatic carbocycles. The summed E-state index contributed by atoms with van der Waals surface area (Å²) in [4.78, 5) is 51.5. The monoisotopic (exact) mass is 682 g/mol. The summed E-state index contributed by atoms with van der Waals surface area (Å²) in [6, 6.07) is 25.7. The molecule has 46 heavy (non-hydrogen) atoms. The Hall–Kier alpha value is -3.51. The van der Waals surface area contributed by atoms with Crippen LogP contribution in [0.3, 0.4) is 0 Å². The zero-order valence-corrected chi connectivity index (χ0v) is 29.1. The lowest BCUT2D eigenvalue weighted by Gasteiger charge is -2.52. The molecule has 0 bridgehead atoms. The third kappa shape index (κ3) is 7.38. The van der Waals surface area contributed by atoms with E-state index in [4.69, 9.17) is 20.8 Å². The first kappa shape index (κ1) is 35.3. The summed E-state index contributed by atoms with van der Waals surface area (Å²) < 4.78 is 12.6. The molecule has 4 unspecified atom stereocenters. The maximum Gasteiger partial charge on any atom is 0.345 e. The molecular weight excluding hydrogens is 644 g/mol. The number of β-lactam (4-membered cyclic amide) rings is 1. The van der Waals surface area contributed by atoms with Crippen molar-refractivity contribution in [2.75, 3.05) is 0 Å². The van der Waals surface area contributed by atoms with Gasteiger partial charge in [-0.05, 0) is 46.5 Å². The molecule has 0 aromatic heterocycles. The number of esters is 1. The molecule has 1 aliphatic heterocycles. The fraction of sp³-hybridized carbons (Fsp3) is 0.382. The number of benzene rings is 3. The van der Waals surface area contributed by atoms with Crippen LogP contribution in [-0.4, -0.2) is 52.1 Å². The molecule has 0 saturated carbocycles. The van der Waals surface area contributed by atoms with Gasteiger partial charge in [0.05, 0.1) is 16.9 Å². The van der Waals surface area contributed by atoms with Crippen LogP contribution in [0.2, 0.25) is 5.04 Å². The summed E-state index contributed by atoms with van der Waals surface area (Å²) >= 11 is 7.56. The molecule has 1 saturated heterocycles. The molecule has 244 valence electrons. The number of non-ortho nitro benzene ring substituents is 1. The van der Waals surface area contributed by atoms with Crippen LogP contribution in [-0.2, 0) is 30.2 Å². The Morgan fingerprint density at radius 2 is 1.54 bits per heavy atom. The third-order valence-electron chi connectivity index (χ3n) is 8.08.